The maximum Gasteiger partial charge on any atom is 0.190 e. The zero-order valence-electron chi connectivity index (χ0n) is 16.6. The zero-order valence-corrected chi connectivity index (χ0v) is 16.6. The molecule has 0 aliphatic carbocycles. The highest BCUT2D eigenvalue weighted by atomic mass is 15.3. The summed E-state index contributed by atoms with van der Waals surface area (Å²) in [5.74, 6) is 0.862. The van der Waals surface area contributed by atoms with Crippen LogP contribution in [0.3, 0.4) is 0 Å². The van der Waals surface area contributed by atoms with Gasteiger partial charge in [0, 0.05) is 50.6 Å². The highest BCUT2D eigenvalue weighted by Gasteiger charge is 2.02. The van der Waals surface area contributed by atoms with E-state index in [-0.39, 0.29) is 0 Å². The molecule has 6 heteroatoms. The smallest absolute Gasteiger partial charge is 0.190 e. The molecular formula is C21H30N6. The van der Waals surface area contributed by atoms with E-state index in [0.29, 0.717) is 0 Å². The Morgan fingerprint density at radius 1 is 1.04 bits per heavy atom. The fourth-order valence-corrected chi connectivity index (χ4v) is 3.35. The first-order chi connectivity index (χ1) is 13.2. The van der Waals surface area contributed by atoms with Gasteiger partial charge < -0.3 is 15.2 Å². The summed E-state index contributed by atoms with van der Waals surface area (Å²) in [7, 11) is 1.82. The van der Waals surface area contributed by atoms with Crippen molar-refractivity contribution >= 4 is 16.9 Å². The summed E-state index contributed by atoms with van der Waals surface area (Å²) in [6, 6.07) is 12.8. The molecule has 3 rings (SSSR count). The summed E-state index contributed by atoms with van der Waals surface area (Å²) in [5, 5.41) is 12.6. The van der Waals surface area contributed by atoms with Gasteiger partial charge in [-0.15, -0.1) is 0 Å². The number of guanidine groups is 1. The number of hydrogen-bond acceptors (Lipinski definition) is 2. The van der Waals surface area contributed by atoms with Crippen molar-refractivity contribution in [2.75, 3.05) is 20.1 Å². The SMILES string of the molecule is CN=C(NCCCn1nc(C)cc1C)NCCCn1ccc2ccccc21. The number of para-hydroxylation sites is 1. The fraction of sp³-hybridized carbons (Fsp3) is 0.429. The van der Waals surface area contributed by atoms with Gasteiger partial charge in [0.25, 0.3) is 0 Å². The number of hydrogen-bond donors (Lipinski definition) is 2. The molecule has 1 aromatic carbocycles. The lowest BCUT2D eigenvalue weighted by Crippen LogP contribution is -2.38. The molecular weight excluding hydrogens is 336 g/mol. The Bertz CT molecular complexity index is 889. The molecule has 2 aromatic heterocycles. The monoisotopic (exact) mass is 366 g/mol. The number of benzene rings is 1. The van der Waals surface area contributed by atoms with E-state index in [2.05, 4.69) is 79.5 Å². The number of fused-ring (bicyclic) bond motifs is 1. The molecule has 0 spiro atoms. The normalized spacial score (nSPS) is 11.9. The lowest BCUT2D eigenvalue weighted by Gasteiger charge is -2.12. The highest BCUT2D eigenvalue weighted by molar-refractivity contribution is 5.80. The van der Waals surface area contributed by atoms with Crippen LogP contribution in [0.4, 0.5) is 0 Å². The first-order valence-corrected chi connectivity index (χ1v) is 9.67. The third-order valence-electron chi connectivity index (χ3n) is 4.71. The predicted octanol–water partition coefficient (Wildman–Crippen LogP) is 3.10. The van der Waals surface area contributed by atoms with E-state index in [1.165, 1.54) is 16.6 Å². The molecule has 0 amide bonds. The van der Waals surface area contributed by atoms with E-state index in [0.717, 1.165) is 50.7 Å². The quantitative estimate of drug-likeness (QED) is 0.366. The summed E-state index contributed by atoms with van der Waals surface area (Å²) in [6.45, 7) is 7.82. The van der Waals surface area contributed by atoms with Crippen molar-refractivity contribution in [3.63, 3.8) is 0 Å². The van der Waals surface area contributed by atoms with Crippen LogP contribution in [0, 0.1) is 13.8 Å². The molecule has 0 bridgehead atoms. The molecule has 0 aliphatic heterocycles. The standard InChI is InChI=1S/C21H30N6/c1-17-16-18(2)27(25-17)14-7-12-24-21(22-3)23-11-6-13-26-15-10-19-8-4-5-9-20(19)26/h4-5,8-10,15-16H,6-7,11-14H2,1-3H3,(H2,22,23,24). The summed E-state index contributed by atoms with van der Waals surface area (Å²) in [6.07, 6.45) is 4.22. The minimum atomic E-state index is 0.862. The number of rotatable bonds is 8. The van der Waals surface area contributed by atoms with E-state index >= 15 is 0 Å². The Balaban J connectivity index is 1.35. The summed E-state index contributed by atoms with van der Waals surface area (Å²) in [4.78, 5) is 4.30. The second-order valence-electron chi connectivity index (χ2n) is 6.85. The van der Waals surface area contributed by atoms with Gasteiger partial charge in [-0.3, -0.25) is 9.67 Å². The Labute approximate surface area is 161 Å². The average Bonchev–Trinajstić information content (AvgIpc) is 3.23. The molecule has 27 heavy (non-hydrogen) atoms. The molecule has 0 atom stereocenters. The summed E-state index contributed by atoms with van der Waals surface area (Å²) in [5.41, 5.74) is 3.59. The minimum Gasteiger partial charge on any atom is -0.356 e. The number of aliphatic imine (C=N–C) groups is 1. The van der Waals surface area contributed by atoms with Crippen LogP contribution in [-0.2, 0) is 13.1 Å². The van der Waals surface area contributed by atoms with Crippen LogP contribution in [-0.4, -0.2) is 40.4 Å². The molecule has 0 radical (unpaired) electrons. The molecule has 6 nitrogen and oxygen atoms in total. The lowest BCUT2D eigenvalue weighted by molar-refractivity contribution is 0.554. The van der Waals surface area contributed by atoms with Crippen LogP contribution in [0.2, 0.25) is 0 Å². The molecule has 0 unspecified atom stereocenters. The van der Waals surface area contributed by atoms with Gasteiger partial charge in [0.05, 0.1) is 5.69 Å². The van der Waals surface area contributed by atoms with Gasteiger partial charge in [-0.25, -0.2) is 0 Å². The Morgan fingerprint density at radius 2 is 1.78 bits per heavy atom. The molecule has 0 saturated heterocycles. The topological polar surface area (TPSA) is 59.2 Å². The Morgan fingerprint density at radius 3 is 2.48 bits per heavy atom. The van der Waals surface area contributed by atoms with Crippen molar-refractivity contribution in [2.45, 2.75) is 39.8 Å². The Kier molecular flexibility index (Phi) is 6.52. The number of nitrogens with zero attached hydrogens (tertiary/aromatic N) is 4. The first-order valence-electron chi connectivity index (χ1n) is 9.67. The van der Waals surface area contributed by atoms with Gasteiger partial charge in [0.1, 0.15) is 0 Å². The van der Waals surface area contributed by atoms with Crippen LogP contribution in [0.15, 0.2) is 47.6 Å². The van der Waals surface area contributed by atoms with Gasteiger partial charge in [-0.2, -0.15) is 5.10 Å². The van der Waals surface area contributed by atoms with Crippen molar-refractivity contribution in [3.05, 3.63) is 54.0 Å². The number of aryl methyl sites for hydroxylation is 4. The predicted molar refractivity (Wildman–Crippen MR) is 112 cm³/mol. The first kappa shape index (κ1) is 19.0. The largest absolute Gasteiger partial charge is 0.356 e. The molecule has 0 fully saturated rings. The van der Waals surface area contributed by atoms with E-state index < -0.39 is 0 Å². The highest BCUT2D eigenvalue weighted by Crippen LogP contribution is 2.15. The van der Waals surface area contributed by atoms with Crippen LogP contribution in [0.25, 0.3) is 10.9 Å². The van der Waals surface area contributed by atoms with E-state index in [1.807, 2.05) is 14.0 Å². The minimum absolute atomic E-state index is 0.862. The van der Waals surface area contributed by atoms with Crippen LogP contribution in [0.5, 0.6) is 0 Å². The number of nitrogens with one attached hydrogen (secondary N) is 2. The summed E-state index contributed by atoms with van der Waals surface area (Å²) >= 11 is 0. The summed E-state index contributed by atoms with van der Waals surface area (Å²) < 4.78 is 4.37. The van der Waals surface area contributed by atoms with Crippen molar-refractivity contribution in [3.8, 4) is 0 Å². The maximum absolute atomic E-state index is 4.49. The van der Waals surface area contributed by atoms with Crippen LogP contribution < -0.4 is 10.6 Å². The van der Waals surface area contributed by atoms with Gasteiger partial charge in [0.15, 0.2) is 5.96 Å². The average molecular weight is 367 g/mol. The molecule has 0 saturated carbocycles. The van der Waals surface area contributed by atoms with E-state index in [1.54, 1.807) is 0 Å². The van der Waals surface area contributed by atoms with E-state index in [4.69, 9.17) is 0 Å². The van der Waals surface area contributed by atoms with Crippen molar-refractivity contribution in [1.82, 2.24) is 25.0 Å². The van der Waals surface area contributed by atoms with Crippen LogP contribution in [0.1, 0.15) is 24.2 Å². The molecule has 2 N–H and O–H groups in total. The zero-order chi connectivity index (χ0) is 19.1. The van der Waals surface area contributed by atoms with Gasteiger partial charge in [0.2, 0.25) is 0 Å². The van der Waals surface area contributed by atoms with Gasteiger partial charge in [-0.1, -0.05) is 18.2 Å². The van der Waals surface area contributed by atoms with E-state index in [9.17, 15) is 0 Å². The van der Waals surface area contributed by atoms with Gasteiger partial charge >= 0.3 is 0 Å². The van der Waals surface area contributed by atoms with Crippen LogP contribution >= 0.6 is 0 Å². The Hall–Kier alpha value is -2.76. The van der Waals surface area contributed by atoms with Gasteiger partial charge in [-0.05, 0) is 50.3 Å². The molecule has 3 aromatic rings. The molecule has 0 aliphatic rings. The maximum atomic E-state index is 4.49. The third kappa shape index (κ3) is 5.12. The molecule has 144 valence electrons. The van der Waals surface area contributed by atoms with Crippen molar-refractivity contribution in [2.24, 2.45) is 4.99 Å². The fourth-order valence-electron chi connectivity index (χ4n) is 3.35. The second kappa shape index (κ2) is 9.26. The second-order valence-corrected chi connectivity index (χ2v) is 6.85. The molecule has 2 heterocycles. The van der Waals surface area contributed by atoms with Crippen molar-refractivity contribution < 1.29 is 0 Å². The van der Waals surface area contributed by atoms with Crippen molar-refractivity contribution in [1.29, 1.82) is 0 Å². The number of aromatic nitrogens is 3. The lowest BCUT2D eigenvalue weighted by atomic mass is 10.2. The third-order valence-corrected chi connectivity index (χ3v) is 4.71.